The molecule has 0 spiro atoms. The van der Waals surface area contributed by atoms with E-state index in [0.717, 1.165) is 11.4 Å². The second-order valence-corrected chi connectivity index (χ2v) is 6.54. The number of aryl methyl sites for hydroxylation is 2. The van der Waals surface area contributed by atoms with Crippen LogP contribution in [0, 0.1) is 19.7 Å². The van der Waals surface area contributed by atoms with Crippen LogP contribution in [-0.4, -0.2) is 25.5 Å². The van der Waals surface area contributed by atoms with E-state index < -0.39 is 5.82 Å². The molecule has 0 bridgehead atoms. The lowest BCUT2D eigenvalue weighted by atomic mass is 10.2. The van der Waals surface area contributed by atoms with Gasteiger partial charge in [0.15, 0.2) is 5.65 Å². The van der Waals surface area contributed by atoms with E-state index >= 15 is 0 Å². The lowest BCUT2D eigenvalue weighted by Gasteiger charge is -2.10. The number of fused-ring (bicyclic) bond motifs is 1. The van der Waals surface area contributed by atoms with Crippen molar-refractivity contribution < 1.29 is 13.9 Å². The predicted octanol–water partition coefficient (Wildman–Crippen LogP) is 3.60. The number of carbonyl (C=O) groups is 1. The summed E-state index contributed by atoms with van der Waals surface area (Å²) in [6, 6.07) is 11.2. The van der Waals surface area contributed by atoms with Crippen molar-refractivity contribution in [3.8, 4) is 11.6 Å². The summed E-state index contributed by atoms with van der Waals surface area (Å²) in [5.41, 5.74) is 3.24. The van der Waals surface area contributed by atoms with E-state index in [2.05, 4.69) is 20.4 Å². The molecule has 0 aliphatic carbocycles. The zero-order valence-corrected chi connectivity index (χ0v) is 15.9. The van der Waals surface area contributed by atoms with Crippen molar-refractivity contribution in [2.45, 2.75) is 20.4 Å². The molecular weight excluding hydrogens is 373 g/mol. The number of carbonyl (C=O) groups excluding carboxylic acids is 1. The molecule has 29 heavy (non-hydrogen) atoms. The molecule has 1 aromatic carbocycles. The van der Waals surface area contributed by atoms with Gasteiger partial charge in [-0.15, -0.1) is 0 Å². The molecule has 3 aromatic heterocycles. The number of hydrogen-bond acceptors (Lipinski definition) is 5. The minimum Gasteiger partial charge on any atom is -0.439 e. The first-order chi connectivity index (χ1) is 14.0. The number of ether oxygens (including phenoxy) is 1. The van der Waals surface area contributed by atoms with Gasteiger partial charge >= 0.3 is 0 Å². The first kappa shape index (κ1) is 18.5. The molecule has 0 atom stereocenters. The first-order valence-electron chi connectivity index (χ1n) is 8.99. The summed E-state index contributed by atoms with van der Waals surface area (Å²) in [7, 11) is 0. The molecule has 0 aliphatic rings. The van der Waals surface area contributed by atoms with Gasteiger partial charge in [-0.1, -0.05) is 12.1 Å². The topological polar surface area (TPSA) is 81.4 Å². The highest BCUT2D eigenvalue weighted by Crippen LogP contribution is 2.23. The minimum absolute atomic E-state index is 0.180. The summed E-state index contributed by atoms with van der Waals surface area (Å²) in [5.74, 6) is -0.0883. The minimum atomic E-state index is -0.403. The molecule has 146 valence electrons. The van der Waals surface area contributed by atoms with Gasteiger partial charge in [-0.05, 0) is 38.1 Å². The molecule has 4 rings (SSSR count). The lowest BCUT2D eigenvalue weighted by molar-refractivity contribution is 0.0952. The van der Waals surface area contributed by atoms with Crippen LogP contribution in [0.5, 0.6) is 11.6 Å². The highest BCUT2D eigenvalue weighted by atomic mass is 19.1. The normalized spacial score (nSPS) is 10.9. The van der Waals surface area contributed by atoms with Gasteiger partial charge in [0.1, 0.15) is 17.1 Å². The molecule has 4 aromatic rings. The molecule has 7 nitrogen and oxygen atoms in total. The fraction of sp³-hybridized carbons (Fsp3) is 0.143. The second-order valence-electron chi connectivity index (χ2n) is 6.54. The van der Waals surface area contributed by atoms with Gasteiger partial charge in [-0.3, -0.25) is 4.79 Å². The van der Waals surface area contributed by atoms with Gasteiger partial charge in [-0.25, -0.2) is 18.9 Å². The SMILES string of the molecule is Cc1cc(C)n2ncc(C(=O)NCc3cccnc3Oc3cccc(F)c3)c2n1. The van der Waals surface area contributed by atoms with Crippen molar-refractivity contribution in [2.24, 2.45) is 0 Å². The Morgan fingerprint density at radius 3 is 2.90 bits per heavy atom. The Morgan fingerprint density at radius 1 is 1.21 bits per heavy atom. The van der Waals surface area contributed by atoms with Gasteiger partial charge in [0.2, 0.25) is 5.88 Å². The average Bonchev–Trinajstić information content (AvgIpc) is 3.11. The van der Waals surface area contributed by atoms with Gasteiger partial charge in [0, 0.05) is 35.8 Å². The summed E-state index contributed by atoms with van der Waals surface area (Å²) in [4.78, 5) is 21.3. The Hall–Kier alpha value is -3.81. The van der Waals surface area contributed by atoms with E-state index in [-0.39, 0.29) is 12.5 Å². The van der Waals surface area contributed by atoms with E-state index in [9.17, 15) is 9.18 Å². The molecule has 3 heterocycles. The third-order valence-corrected chi connectivity index (χ3v) is 4.32. The van der Waals surface area contributed by atoms with Gasteiger partial charge in [0.25, 0.3) is 5.91 Å². The Balaban J connectivity index is 1.53. The van der Waals surface area contributed by atoms with E-state index in [0.29, 0.717) is 28.4 Å². The van der Waals surface area contributed by atoms with Crippen LogP contribution in [0.3, 0.4) is 0 Å². The highest BCUT2D eigenvalue weighted by Gasteiger charge is 2.16. The summed E-state index contributed by atoms with van der Waals surface area (Å²) in [6.45, 7) is 3.95. The fourth-order valence-corrected chi connectivity index (χ4v) is 2.99. The van der Waals surface area contributed by atoms with Crippen molar-refractivity contribution in [1.82, 2.24) is 24.9 Å². The largest absolute Gasteiger partial charge is 0.439 e. The average molecular weight is 391 g/mol. The summed E-state index contributed by atoms with van der Waals surface area (Å²) in [6.07, 6.45) is 3.07. The monoisotopic (exact) mass is 391 g/mol. The number of amides is 1. The molecular formula is C21H18FN5O2. The van der Waals surface area contributed by atoms with Gasteiger partial charge in [-0.2, -0.15) is 5.10 Å². The first-order valence-corrected chi connectivity index (χ1v) is 8.99. The van der Waals surface area contributed by atoms with Crippen LogP contribution in [-0.2, 0) is 6.54 Å². The van der Waals surface area contributed by atoms with Crippen molar-refractivity contribution in [3.05, 3.63) is 83.2 Å². The zero-order chi connectivity index (χ0) is 20.4. The summed E-state index contributed by atoms with van der Waals surface area (Å²) in [5, 5.41) is 7.08. The maximum atomic E-state index is 13.4. The van der Waals surface area contributed by atoms with Crippen molar-refractivity contribution >= 4 is 11.6 Å². The third-order valence-electron chi connectivity index (χ3n) is 4.32. The lowest BCUT2D eigenvalue weighted by Crippen LogP contribution is -2.23. The number of benzene rings is 1. The number of rotatable bonds is 5. The molecule has 1 N–H and O–H groups in total. The maximum absolute atomic E-state index is 13.4. The zero-order valence-electron chi connectivity index (χ0n) is 15.9. The maximum Gasteiger partial charge on any atom is 0.257 e. The van der Waals surface area contributed by atoms with Crippen molar-refractivity contribution in [3.63, 3.8) is 0 Å². The Kier molecular flexibility index (Phi) is 4.90. The molecule has 0 saturated carbocycles. The number of hydrogen-bond donors (Lipinski definition) is 1. The van der Waals surface area contributed by atoms with Crippen LogP contribution < -0.4 is 10.1 Å². The molecule has 8 heteroatoms. The van der Waals surface area contributed by atoms with Crippen LogP contribution in [0.15, 0.2) is 54.9 Å². The number of halogens is 1. The van der Waals surface area contributed by atoms with Gasteiger partial charge < -0.3 is 10.1 Å². The number of pyridine rings is 1. The predicted molar refractivity (Wildman–Crippen MR) is 104 cm³/mol. The number of nitrogens with zero attached hydrogens (tertiary/aromatic N) is 4. The highest BCUT2D eigenvalue weighted by molar-refractivity contribution is 5.99. The van der Waals surface area contributed by atoms with Crippen LogP contribution in [0.4, 0.5) is 4.39 Å². The van der Waals surface area contributed by atoms with Crippen LogP contribution in [0.25, 0.3) is 5.65 Å². The molecule has 0 aliphatic heterocycles. The van der Waals surface area contributed by atoms with E-state index in [1.807, 2.05) is 19.9 Å². The summed E-state index contributed by atoms with van der Waals surface area (Å²) < 4.78 is 20.7. The van der Waals surface area contributed by atoms with E-state index in [1.54, 1.807) is 35.0 Å². The standard InChI is InChI=1S/C21H18FN5O2/c1-13-9-14(2)27-19(26-13)18(12-25-27)20(28)24-11-15-5-4-8-23-21(15)29-17-7-3-6-16(22)10-17/h3-10,12H,11H2,1-2H3,(H,24,28). The van der Waals surface area contributed by atoms with Gasteiger partial charge in [0.05, 0.1) is 6.20 Å². The van der Waals surface area contributed by atoms with Crippen molar-refractivity contribution in [2.75, 3.05) is 0 Å². The summed E-state index contributed by atoms with van der Waals surface area (Å²) >= 11 is 0. The Labute approximate surface area is 166 Å². The number of aromatic nitrogens is 4. The molecule has 0 unspecified atom stereocenters. The molecule has 0 radical (unpaired) electrons. The van der Waals surface area contributed by atoms with Crippen LogP contribution in [0.2, 0.25) is 0 Å². The fourth-order valence-electron chi connectivity index (χ4n) is 2.99. The Morgan fingerprint density at radius 2 is 2.07 bits per heavy atom. The smallest absolute Gasteiger partial charge is 0.257 e. The second kappa shape index (κ2) is 7.67. The molecule has 1 amide bonds. The van der Waals surface area contributed by atoms with Crippen LogP contribution in [0.1, 0.15) is 27.3 Å². The van der Waals surface area contributed by atoms with Crippen molar-refractivity contribution in [1.29, 1.82) is 0 Å². The molecule has 0 fully saturated rings. The third kappa shape index (κ3) is 3.91. The molecule has 0 saturated heterocycles. The quantitative estimate of drug-likeness (QED) is 0.562. The Bertz CT molecular complexity index is 1200. The number of nitrogens with one attached hydrogen (secondary N) is 1. The van der Waals surface area contributed by atoms with E-state index in [1.165, 1.54) is 18.3 Å². The van der Waals surface area contributed by atoms with E-state index in [4.69, 9.17) is 4.74 Å². The van der Waals surface area contributed by atoms with Crippen LogP contribution >= 0.6 is 0 Å².